The number of nitrogens with one attached hydrogen (secondary N) is 2. The highest BCUT2D eigenvalue weighted by atomic mass is 127. The maximum absolute atomic E-state index is 5.30. The van der Waals surface area contributed by atoms with Gasteiger partial charge in [0.1, 0.15) is 0 Å². The zero-order chi connectivity index (χ0) is 17.6. The van der Waals surface area contributed by atoms with Gasteiger partial charge in [-0.25, -0.2) is 0 Å². The van der Waals surface area contributed by atoms with E-state index in [2.05, 4.69) is 53.5 Å². The van der Waals surface area contributed by atoms with Gasteiger partial charge in [0, 0.05) is 19.0 Å². The molecule has 2 unspecified atom stereocenters. The van der Waals surface area contributed by atoms with Crippen LogP contribution in [0.25, 0.3) is 0 Å². The minimum atomic E-state index is -0.123. The second-order valence-corrected chi connectivity index (χ2v) is 8.04. The van der Waals surface area contributed by atoms with E-state index in [1.165, 1.54) is 32.1 Å². The maximum Gasteiger partial charge on any atom is 0.232 e. The number of hydrogen-bond donors (Lipinski definition) is 2. The molecule has 25 heavy (non-hydrogen) atoms. The minimum Gasteiger partial charge on any atom is -0.356 e. The predicted molar refractivity (Wildman–Crippen MR) is 112 cm³/mol. The van der Waals surface area contributed by atoms with Crippen LogP contribution in [0.2, 0.25) is 0 Å². The van der Waals surface area contributed by atoms with Crippen LogP contribution in [0.5, 0.6) is 0 Å². The Morgan fingerprint density at radius 2 is 2.04 bits per heavy atom. The van der Waals surface area contributed by atoms with Crippen LogP contribution in [0.4, 0.5) is 0 Å². The zero-order valence-electron chi connectivity index (χ0n) is 16.3. The van der Waals surface area contributed by atoms with Crippen molar-refractivity contribution in [2.75, 3.05) is 13.6 Å². The molecule has 1 aromatic rings. The Morgan fingerprint density at radius 1 is 1.28 bits per heavy atom. The van der Waals surface area contributed by atoms with Gasteiger partial charge in [0.2, 0.25) is 5.89 Å². The molecule has 0 spiro atoms. The van der Waals surface area contributed by atoms with Gasteiger partial charge in [0.15, 0.2) is 11.8 Å². The van der Waals surface area contributed by atoms with Crippen LogP contribution in [0.3, 0.4) is 0 Å². The Morgan fingerprint density at radius 3 is 2.64 bits per heavy atom. The van der Waals surface area contributed by atoms with E-state index >= 15 is 0 Å². The van der Waals surface area contributed by atoms with Crippen molar-refractivity contribution in [3.05, 3.63) is 11.7 Å². The summed E-state index contributed by atoms with van der Waals surface area (Å²) < 4.78 is 5.30. The summed E-state index contributed by atoms with van der Waals surface area (Å²) >= 11 is 0. The lowest BCUT2D eigenvalue weighted by Crippen LogP contribution is -2.38. The SMILES string of the molecule is CN=C(NCCC1CCCC(C)C1)NCc1noc(C(C)(C)C)n1.I. The molecule has 0 aliphatic heterocycles. The first-order valence-corrected chi connectivity index (χ1v) is 9.16. The number of hydrogen-bond acceptors (Lipinski definition) is 4. The fourth-order valence-corrected chi connectivity index (χ4v) is 3.23. The molecule has 0 aromatic carbocycles. The van der Waals surface area contributed by atoms with E-state index in [4.69, 9.17) is 4.52 Å². The molecular formula is C18H34IN5O. The monoisotopic (exact) mass is 463 g/mol. The lowest BCUT2D eigenvalue weighted by Gasteiger charge is -2.26. The molecule has 1 aromatic heterocycles. The molecule has 1 aliphatic rings. The van der Waals surface area contributed by atoms with Gasteiger partial charge in [-0.2, -0.15) is 4.98 Å². The Labute approximate surface area is 169 Å². The van der Waals surface area contributed by atoms with Crippen molar-refractivity contribution in [1.29, 1.82) is 0 Å². The van der Waals surface area contributed by atoms with Crippen LogP contribution in [0, 0.1) is 11.8 Å². The first kappa shape index (κ1) is 22.2. The Balaban J connectivity index is 0.00000312. The van der Waals surface area contributed by atoms with Crippen molar-refractivity contribution in [3.8, 4) is 0 Å². The third-order valence-electron chi connectivity index (χ3n) is 4.64. The van der Waals surface area contributed by atoms with Crippen molar-refractivity contribution in [3.63, 3.8) is 0 Å². The van der Waals surface area contributed by atoms with E-state index in [-0.39, 0.29) is 29.4 Å². The first-order chi connectivity index (χ1) is 11.4. The number of nitrogens with zero attached hydrogens (tertiary/aromatic N) is 3. The number of aliphatic imine (C=N–C) groups is 1. The summed E-state index contributed by atoms with van der Waals surface area (Å²) in [5.74, 6) is 3.85. The highest BCUT2D eigenvalue weighted by Gasteiger charge is 2.22. The molecule has 1 saturated carbocycles. The normalized spacial score (nSPS) is 21.6. The highest BCUT2D eigenvalue weighted by molar-refractivity contribution is 14.0. The lowest BCUT2D eigenvalue weighted by atomic mass is 9.81. The van der Waals surface area contributed by atoms with Gasteiger partial charge >= 0.3 is 0 Å². The third-order valence-corrected chi connectivity index (χ3v) is 4.64. The van der Waals surface area contributed by atoms with Gasteiger partial charge in [0.25, 0.3) is 0 Å². The van der Waals surface area contributed by atoms with E-state index < -0.39 is 0 Å². The maximum atomic E-state index is 5.30. The van der Waals surface area contributed by atoms with E-state index in [1.54, 1.807) is 7.05 Å². The summed E-state index contributed by atoms with van der Waals surface area (Å²) in [6.07, 6.45) is 6.73. The molecule has 1 aliphatic carbocycles. The standard InChI is InChI=1S/C18H33N5O.HI/c1-13-7-6-8-14(11-13)9-10-20-17(19-5)21-12-15-22-16(24-23-15)18(2,3)4;/h13-14H,6-12H2,1-5H3,(H2,19,20,21);1H. The van der Waals surface area contributed by atoms with Crippen LogP contribution >= 0.6 is 24.0 Å². The zero-order valence-corrected chi connectivity index (χ0v) is 18.6. The van der Waals surface area contributed by atoms with Gasteiger partial charge in [-0.15, -0.1) is 24.0 Å². The summed E-state index contributed by atoms with van der Waals surface area (Å²) in [5.41, 5.74) is -0.123. The van der Waals surface area contributed by atoms with Crippen LogP contribution in [-0.4, -0.2) is 29.7 Å². The number of rotatable bonds is 5. The Kier molecular flexibility index (Phi) is 9.16. The smallest absolute Gasteiger partial charge is 0.232 e. The van der Waals surface area contributed by atoms with Gasteiger partial charge in [-0.1, -0.05) is 52.1 Å². The van der Waals surface area contributed by atoms with Crippen molar-refractivity contribution >= 4 is 29.9 Å². The fraction of sp³-hybridized carbons (Fsp3) is 0.833. The van der Waals surface area contributed by atoms with Crippen LogP contribution in [0.1, 0.15) is 71.5 Å². The van der Waals surface area contributed by atoms with E-state index in [0.717, 1.165) is 24.3 Å². The summed E-state index contributed by atoms with van der Waals surface area (Å²) in [7, 11) is 1.79. The highest BCUT2D eigenvalue weighted by Crippen LogP contribution is 2.30. The average Bonchev–Trinajstić information content (AvgIpc) is 3.00. The summed E-state index contributed by atoms with van der Waals surface area (Å²) in [4.78, 5) is 8.69. The van der Waals surface area contributed by atoms with Crippen LogP contribution < -0.4 is 10.6 Å². The van der Waals surface area contributed by atoms with Crippen molar-refractivity contribution < 1.29 is 4.52 Å². The van der Waals surface area contributed by atoms with Crippen LogP contribution in [-0.2, 0) is 12.0 Å². The van der Waals surface area contributed by atoms with E-state index in [0.29, 0.717) is 18.3 Å². The van der Waals surface area contributed by atoms with Gasteiger partial charge < -0.3 is 15.2 Å². The molecule has 1 fully saturated rings. The first-order valence-electron chi connectivity index (χ1n) is 9.16. The van der Waals surface area contributed by atoms with Crippen molar-refractivity contribution in [2.45, 2.75) is 71.8 Å². The molecule has 6 nitrogen and oxygen atoms in total. The largest absolute Gasteiger partial charge is 0.356 e. The number of guanidine groups is 1. The van der Waals surface area contributed by atoms with E-state index in [9.17, 15) is 0 Å². The summed E-state index contributed by atoms with van der Waals surface area (Å²) in [6, 6.07) is 0. The molecule has 7 heteroatoms. The lowest BCUT2D eigenvalue weighted by molar-refractivity contribution is 0.270. The fourth-order valence-electron chi connectivity index (χ4n) is 3.23. The number of aromatic nitrogens is 2. The molecule has 144 valence electrons. The predicted octanol–water partition coefficient (Wildman–Crippen LogP) is 3.87. The van der Waals surface area contributed by atoms with E-state index in [1.807, 2.05) is 0 Å². The summed E-state index contributed by atoms with van der Waals surface area (Å²) in [6.45, 7) is 10.0. The molecular weight excluding hydrogens is 429 g/mol. The minimum absolute atomic E-state index is 0. The average molecular weight is 463 g/mol. The van der Waals surface area contributed by atoms with Crippen molar-refractivity contribution in [1.82, 2.24) is 20.8 Å². The molecule has 0 saturated heterocycles. The number of halogens is 1. The van der Waals surface area contributed by atoms with Crippen LogP contribution in [0.15, 0.2) is 9.52 Å². The van der Waals surface area contributed by atoms with Gasteiger partial charge in [-0.3, -0.25) is 4.99 Å². The quantitative estimate of drug-likeness (QED) is 0.394. The topological polar surface area (TPSA) is 75.3 Å². The molecule has 1 heterocycles. The second-order valence-electron chi connectivity index (χ2n) is 8.04. The Hall–Kier alpha value is -0.860. The second kappa shape index (κ2) is 10.3. The summed E-state index contributed by atoms with van der Waals surface area (Å²) in [5, 5.41) is 10.7. The molecule has 0 radical (unpaired) electrons. The third kappa shape index (κ3) is 7.50. The molecule has 0 bridgehead atoms. The molecule has 2 atom stereocenters. The van der Waals surface area contributed by atoms with Gasteiger partial charge in [0.05, 0.1) is 6.54 Å². The van der Waals surface area contributed by atoms with Gasteiger partial charge in [-0.05, 0) is 24.7 Å². The Bertz CT molecular complexity index is 538. The molecule has 0 amide bonds. The molecule has 2 rings (SSSR count). The molecule has 2 N–H and O–H groups in total. The van der Waals surface area contributed by atoms with Crippen molar-refractivity contribution in [2.24, 2.45) is 16.8 Å².